The lowest BCUT2D eigenvalue weighted by Gasteiger charge is -2.56. The molecule has 0 amide bonds. The van der Waals surface area contributed by atoms with E-state index in [0.29, 0.717) is 24.2 Å². The zero-order valence-corrected chi connectivity index (χ0v) is 23.7. The fourth-order valence-corrected chi connectivity index (χ4v) is 8.81. The van der Waals surface area contributed by atoms with Crippen molar-refractivity contribution in [3.8, 4) is 0 Å². The summed E-state index contributed by atoms with van der Waals surface area (Å²) in [5, 5.41) is 0. The van der Waals surface area contributed by atoms with E-state index >= 15 is 0 Å². The largest absolute Gasteiger partial charge is 0.463 e. The van der Waals surface area contributed by atoms with Gasteiger partial charge in [-0.3, -0.25) is 14.4 Å². The van der Waals surface area contributed by atoms with E-state index in [9.17, 15) is 14.4 Å². The van der Waals surface area contributed by atoms with E-state index in [2.05, 4.69) is 34.6 Å². The van der Waals surface area contributed by atoms with E-state index < -0.39 is 0 Å². The molecule has 5 nitrogen and oxygen atoms in total. The van der Waals surface area contributed by atoms with E-state index in [4.69, 9.17) is 9.47 Å². The predicted octanol–water partition coefficient (Wildman–Crippen LogP) is 6.82. The van der Waals surface area contributed by atoms with Gasteiger partial charge in [0.05, 0.1) is 0 Å². The maximum absolute atomic E-state index is 13.9. The van der Waals surface area contributed by atoms with E-state index in [1.165, 1.54) is 38.7 Å². The molecule has 3 fully saturated rings. The van der Waals surface area contributed by atoms with Crippen molar-refractivity contribution in [2.45, 2.75) is 125 Å². The fourth-order valence-electron chi connectivity index (χ4n) is 8.81. The Morgan fingerprint density at radius 2 is 1.67 bits per heavy atom. The van der Waals surface area contributed by atoms with E-state index in [0.717, 1.165) is 44.1 Å². The minimum atomic E-state index is -0.274. The molecule has 0 N–H and O–H groups in total. The molecule has 4 aliphatic carbocycles. The van der Waals surface area contributed by atoms with Gasteiger partial charge in [0.15, 0.2) is 5.78 Å². The summed E-state index contributed by atoms with van der Waals surface area (Å²) in [6.45, 7) is 14.6. The molecule has 0 aromatic heterocycles. The van der Waals surface area contributed by atoms with E-state index in [1.807, 2.05) is 0 Å². The SMILES string of the molecule is CC(=O)O[C@H]1CC[C@@]2(C)[C@@H](CC(=O)C3=C4[C@@H](OC(C)=O)C[C@H]([C@H](C)CCCC(C)C)[C@@]4(C)CC[C@@H]32)C1. The Morgan fingerprint density at radius 1 is 0.972 bits per heavy atom. The second-order valence-corrected chi connectivity index (χ2v) is 13.4. The number of hydrogen-bond acceptors (Lipinski definition) is 5. The van der Waals surface area contributed by atoms with Crippen molar-refractivity contribution in [1.82, 2.24) is 0 Å². The third-order valence-electron chi connectivity index (χ3n) is 10.6. The molecule has 0 unspecified atom stereocenters. The van der Waals surface area contributed by atoms with Crippen LogP contribution in [-0.4, -0.2) is 29.9 Å². The molecule has 3 saturated carbocycles. The molecule has 202 valence electrons. The van der Waals surface area contributed by atoms with Gasteiger partial charge >= 0.3 is 11.9 Å². The van der Waals surface area contributed by atoms with Crippen LogP contribution in [0.25, 0.3) is 0 Å². The lowest BCUT2D eigenvalue weighted by molar-refractivity contribution is -0.153. The molecule has 0 aromatic carbocycles. The molecular weight excluding hydrogens is 452 g/mol. The third kappa shape index (κ3) is 4.92. The summed E-state index contributed by atoms with van der Waals surface area (Å²) in [6, 6.07) is 0. The molecular formula is C31H48O5. The van der Waals surface area contributed by atoms with Gasteiger partial charge in [0.25, 0.3) is 0 Å². The van der Waals surface area contributed by atoms with Gasteiger partial charge in [-0.1, -0.05) is 53.9 Å². The molecule has 4 aliphatic rings. The second-order valence-electron chi connectivity index (χ2n) is 13.4. The molecule has 0 bridgehead atoms. The lowest BCUT2D eigenvalue weighted by Crippen LogP contribution is -2.51. The highest BCUT2D eigenvalue weighted by Gasteiger charge is 2.60. The molecule has 0 aliphatic heterocycles. The van der Waals surface area contributed by atoms with Crippen molar-refractivity contribution in [1.29, 1.82) is 0 Å². The molecule has 5 heteroatoms. The van der Waals surface area contributed by atoms with Crippen molar-refractivity contribution < 1.29 is 23.9 Å². The summed E-state index contributed by atoms with van der Waals surface area (Å²) < 4.78 is 11.6. The van der Waals surface area contributed by atoms with Crippen molar-refractivity contribution >= 4 is 17.7 Å². The van der Waals surface area contributed by atoms with Crippen LogP contribution in [0.4, 0.5) is 0 Å². The lowest BCUT2D eigenvalue weighted by atomic mass is 9.48. The maximum Gasteiger partial charge on any atom is 0.303 e. The highest BCUT2D eigenvalue weighted by Crippen LogP contribution is 2.65. The first-order valence-corrected chi connectivity index (χ1v) is 14.5. The Kier molecular flexibility index (Phi) is 7.80. The molecule has 0 spiro atoms. The first-order chi connectivity index (χ1) is 16.9. The minimum absolute atomic E-state index is 0.0238. The van der Waals surface area contributed by atoms with Crippen molar-refractivity contribution in [3.63, 3.8) is 0 Å². The first kappa shape index (κ1) is 27.4. The van der Waals surface area contributed by atoms with Crippen LogP contribution in [0.15, 0.2) is 11.1 Å². The number of carbonyl (C=O) groups is 3. The summed E-state index contributed by atoms with van der Waals surface area (Å²) in [6.07, 6.45) is 9.33. The smallest absolute Gasteiger partial charge is 0.303 e. The molecule has 0 radical (unpaired) electrons. The Morgan fingerprint density at radius 3 is 2.31 bits per heavy atom. The zero-order valence-electron chi connectivity index (χ0n) is 23.7. The average Bonchev–Trinajstić information content (AvgIpc) is 3.06. The van der Waals surface area contributed by atoms with Crippen molar-refractivity contribution in [3.05, 3.63) is 11.1 Å². The number of ketones is 1. The van der Waals surface area contributed by atoms with Gasteiger partial charge in [-0.15, -0.1) is 0 Å². The van der Waals surface area contributed by atoms with E-state index in [-0.39, 0.29) is 52.6 Å². The average molecular weight is 501 g/mol. The molecule has 0 heterocycles. The fraction of sp³-hybridized carbons (Fsp3) is 0.839. The van der Waals surface area contributed by atoms with Gasteiger partial charge < -0.3 is 9.47 Å². The van der Waals surface area contributed by atoms with Crippen LogP contribution in [0, 0.1) is 40.4 Å². The van der Waals surface area contributed by atoms with Gasteiger partial charge in [0.1, 0.15) is 12.2 Å². The van der Waals surface area contributed by atoms with Gasteiger partial charge in [0.2, 0.25) is 0 Å². The highest BCUT2D eigenvalue weighted by molar-refractivity contribution is 5.98. The van der Waals surface area contributed by atoms with Gasteiger partial charge in [-0.2, -0.15) is 0 Å². The first-order valence-electron chi connectivity index (χ1n) is 14.5. The summed E-state index contributed by atoms with van der Waals surface area (Å²) in [7, 11) is 0. The van der Waals surface area contributed by atoms with Crippen LogP contribution in [0.3, 0.4) is 0 Å². The molecule has 4 rings (SSSR count). The van der Waals surface area contributed by atoms with Gasteiger partial charge in [-0.05, 0) is 84.5 Å². The monoisotopic (exact) mass is 500 g/mol. The summed E-state index contributed by atoms with van der Waals surface area (Å²) in [4.78, 5) is 37.7. The number of carbonyl (C=O) groups excluding carboxylic acids is 3. The topological polar surface area (TPSA) is 69.7 Å². The molecule has 36 heavy (non-hydrogen) atoms. The third-order valence-corrected chi connectivity index (χ3v) is 10.6. The normalized spacial score (nSPS) is 38.8. The van der Waals surface area contributed by atoms with Crippen molar-refractivity contribution in [2.24, 2.45) is 40.4 Å². The predicted molar refractivity (Wildman–Crippen MR) is 140 cm³/mol. The van der Waals surface area contributed by atoms with Crippen LogP contribution in [0.5, 0.6) is 0 Å². The summed E-state index contributed by atoms with van der Waals surface area (Å²) in [5.74, 6) is 1.88. The molecule has 0 aromatic rings. The van der Waals surface area contributed by atoms with Gasteiger partial charge in [-0.25, -0.2) is 0 Å². The number of rotatable bonds is 7. The van der Waals surface area contributed by atoms with Crippen LogP contribution >= 0.6 is 0 Å². The van der Waals surface area contributed by atoms with Crippen LogP contribution in [-0.2, 0) is 23.9 Å². The summed E-state index contributed by atoms with van der Waals surface area (Å²) >= 11 is 0. The van der Waals surface area contributed by atoms with Crippen LogP contribution in [0.2, 0.25) is 0 Å². The minimum Gasteiger partial charge on any atom is -0.463 e. The Balaban J connectivity index is 1.67. The number of Topliss-reactive ketones (excluding diaryl/α,β-unsaturated/α-hetero) is 1. The van der Waals surface area contributed by atoms with Crippen molar-refractivity contribution in [2.75, 3.05) is 0 Å². The highest BCUT2D eigenvalue weighted by atomic mass is 16.5. The summed E-state index contributed by atoms with van der Waals surface area (Å²) in [5.41, 5.74) is 2.12. The number of ether oxygens (including phenoxy) is 2. The maximum atomic E-state index is 13.9. The number of fused-ring (bicyclic) bond motifs is 4. The van der Waals surface area contributed by atoms with Crippen LogP contribution in [0.1, 0.15) is 113 Å². The zero-order chi connectivity index (χ0) is 26.4. The quantitative estimate of drug-likeness (QED) is 0.359. The van der Waals surface area contributed by atoms with E-state index in [1.54, 1.807) is 0 Å². The standard InChI is InChI=1S/C31H48O5/c1-18(2)9-8-10-19(3)25-17-27(36-21(5)33)29-28-24(12-14-31(25,29)7)30(6)13-11-23(35-20(4)32)15-22(30)16-26(28)34/h18-19,22-25,27H,8-17H2,1-7H3/t19-,22-,23+,24+,25-,27+,30+,31-/m1/s1. The second kappa shape index (κ2) is 10.3. The Labute approximate surface area is 218 Å². The van der Waals surface area contributed by atoms with Crippen LogP contribution < -0.4 is 0 Å². The number of hydrogen-bond donors (Lipinski definition) is 0. The number of allylic oxidation sites excluding steroid dienone is 1. The Bertz CT molecular complexity index is 918. The molecule has 0 saturated heterocycles. The molecule has 8 atom stereocenters. The van der Waals surface area contributed by atoms with Gasteiger partial charge in [0, 0.05) is 25.8 Å². The Hall–Kier alpha value is -1.65. The number of esters is 2.